The number of carbonyl (C=O) groups is 1. The smallest absolute Gasteiger partial charge is 0.324 e. The first-order valence-electron chi connectivity index (χ1n) is 9.80. The van der Waals surface area contributed by atoms with Crippen molar-refractivity contribution < 1.29 is 14.1 Å². The third kappa shape index (κ3) is 5.88. The van der Waals surface area contributed by atoms with E-state index in [1.165, 1.54) is 0 Å². The summed E-state index contributed by atoms with van der Waals surface area (Å²) in [5.74, 6) is 0.391. The molecule has 4 rings (SSSR count). The van der Waals surface area contributed by atoms with Crippen molar-refractivity contribution in [1.29, 1.82) is 0 Å². The average Bonchev–Trinajstić information content (AvgIpc) is 3.27. The maximum Gasteiger partial charge on any atom is 0.324 e. The minimum Gasteiger partial charge on any atom is -0.378 e. The van der Waals surface area contributed by atoms with E-state index in [9.17, 15) is 4.79 Å². The highest BCUT2D eigenvalue weighted by Crippen LogP contribution is 2.22. The van der Waals surface area contributed by atoms with Crippen LogP contribution < -0.4 is 15.5 Å². The van der Waals surface area contributed by atoms with Gasteiger partial charge < -0.3 is 24.8 Å². The monoisotopic (exact) mass is 461 g/mol. The summed E-state index contributed by atoms with van der Waals surface area (Å²) in [4.78, 5) is 19.1. The minimum absolute atomic E-state index is 0.390. The van der Waals surface area contributed by atoms with Crippen molar-refractivity contribution in [3.8, 4) is 0 Å². The number of ether oxygens (including phenoxy) is 1. The van der Waals surface area contributed by atoms with E-state index in [4.69, 9.17) is 32.5 Å². The highest BCUT2D eigenvalue weighted by atomic mass is 35.5. The molecule has 31 heavy (non-hydrogen) atoms. The molecule has 8 nitrogen and oxygen atoms in total. The summed E-state index contributed by atoms with van der Waals surface area (Å²) < 4.78 is 10.8. The van der Waals surface area contributed by atoms with E-state index in [1.807, 2.05) is 17.0 Å². The lowest BCUT2D eigenvalue weighted by atomic mass is 10.1. The molecule has 0 saturated carbocycles. The first kappa shape index (κ1) is 21.4. The van der Waals surface area contributed by atoms with E-state index in [2.05, 4.69) is 20.8 Å². The third-order valence-electron chi connectivity index (χ3n) is 4.78. The molecule has 2 heterocycles. The van der Waals surface area contributed by atoms with Gasteiger partial charge in [-0.1, -0.05) is 40.5 Å². The second-order valence-electron chi connectivity index (χ2n) is 7.02. The van der Waals surface area contributed by atoms with Crippen LogP contribution in [0.4, 0.5) is 16.5 Å². The number of morpholine rings is 1. The van der Waals surface area contributed by atoms with Gasteiger partial charge in [0.15, 0.2) is 5.82 Å². The van der Waals surface area contributed by atoms with Gasteiger partial charge in [-0.2, -0.15) is 4.98 Å². The maximum absolute atomic E-state index is 12.6. The number of benzene rings is 2. The summed E-state index contributed by atoms with van der Waals surface area (Å²) >= 11 is 11.9. The quantitative estimate of drug-likeness (QED) is 0.567. The molecule has 1 aromatic heterocycles. The van der Waals surface area contributed by atoms with Crippen LogP contribution in [0, 0.1) is 0 Å². The van der Waals surface area contributed by atoms with Gasteiger partial charge >= 0.3 is 12.0 Å². The van der Waals surface area contributed by atoms with Crippen molar-refractivity contribution >= 4 is 40.9 Å². The number of carbonyl (C=O) groups excluding carboxylic acids is 1. The molecule has 3 aromatic rings. The van der Waals surface area contributed by atoms with E-state index < -0.39 is 6.04 Å². The average molecular weight is 462 g/mol. The largest absolute Gasteiger partial charge is 0.378 e. The summed E-state index contributed by atoms with van der Waals surface area (Å²) in [7, 11) is 0. The van der Waals surface area contributed by atoms with Crippen LogP contribution in [0.5, 0.6) is 0 Å². The Bertz CT molecular complexity index is 1000. The number of nitrogens with zero attached hydrogens (tertiary/aromatic N) is 3. The number of urea groups is 1. The van der Waals surface area contributed by atoms with Crippen LogP contribution in [0.15, 0.2) is 53.1 Å². The van der Waals surface area contributed by atoms with Crippen molar-refractivity contribution in [2.75, 3.05) is 36.5 Å². The zero-order valence-corrected chi connectivity index (χ0v) is 18.1. The minimum atomic E-state index is -0.507. The van der Waals surface area contributed by atoms with Crippen LogP contribution in [-0.4, -0.2) is 42.5 Å². The second-order valence-corrected chi connectivity index (χ2v) is 7.90. The number of halogens is 2. The Hall–Kier alpha value is -2.81. The predicted octanol–water partition coefficient (Wildman–Crippen LogP) is 4.32. The van der Waals surface area contributed by atoms with E-state index in [0.29, 0.717) is 60.3 Å². The summed E-state index contributed by atoms with van der Waals surface area (Å²) in [6.45, 7) is 2.56. The van der Waals surface area contributed by atoms with Crippen molar-refractivity contribution in [2.24, 2.45) is 0 Å². The summed E-state index contributed by atoms with van der Waals surface area (Å²) in [6, 6.07) is 13.8. The number of aromatic nitrogens is 2. The van der Waals surface area contributed by atoms with Crippen LogP contribution in [0.1, 0.15) is 17.4 Å². The van der Waals surface area contributed by atoms with Gasteiger partial charge in [-0.25, -0.2) is 4.79 Å². The number of nitrogens with one attached hydrogen (secondary N) is 2. The highest BCUT2D eigenvalue weighted by molar-refractivity contribution is 6.30. The van der Waals surface area contributed by atoms with Gasteiger partial charge in [-0.3, -0.25) is 0 Å². The molecule has 1 fully saturated rings. The fourth-order valence-electron chi connectivity index (χ4n) is 3.17. The highest BCUT2D eigenvalue weighted by Gasteiger charge is 2.24. The Balaban J connectivity index is 1.50. The third-order valence-corrected chi connectivity index (χ3v) is 5.29. The molecule has 0 aliphatic carbocycles. The first-order chi connectivity index (χ1) is 15.1. The molecule has 2 N–H and O–H groups in total. The van der Waals surface area contributed by atoms with E-state index >= 15 is 0 Å². The molecular formula is C21H21Cl2N5O3. The zero-order valence-electron chi connectivity index (χ0n) is 16.6. The van der Waals surface area contributed by atoms with Gasteiger partial charge in [0.1, 0.15) is 0 Å². The fourth-order valence-corrected chi connectivity index (χ4v) is 3.42. The zero-order chi connectivity index (χ0) is 21.6. The molecule has 1 saturated heterocycles. The Morgan fingerprint density at radius 2 is 1.68 bits per heavy atom. The molecule has 2 amide bonds. The van der Waals surface area contributed by atoms with Gasteiger partial charge in [0, 0.05) is 35.2 Å². The lowest BCUT2D eigenvalue weighted by Crippen LogP contribution is -2.36. The summed E-state index contributed by atoms with van der Waals surface area (Å²) in [6.07, 6.45) is 0.466. The van der Waals surface area contributed by atoms with Crippen LogP contribution in [0.2, 0.25) is 10.0 Å². The van der Waals surface area contributed by atoms with Crippen molar-refractivity contribution in [2.45, 2.75) is 12.5 Å². The van der Waals surface area contributed by atoms with Gasteiger partial charge in [-0.15, -0.1) is 0 Å². The Kier molecular flexibility index (Phi) is 6.91. The first-order valence-corrected chi connectivity index (χ1v) is 10.6. The molecular weight excluding hydrogens is 441 g/mol. The van der Waals surface area contributed by atoms with E-state index in [1.54, 1.807) is 36.4 Å². The SMILES string of the molecule is O=C(Nc1ccc(Cl)cc1)N[C@@H](Cc1ccc(Cl)cc1)c1noc(N2CCOCC2)n1. The normalized spacial score (nSPS) is 14.8. The van der Waals surface area contributed by atoms with Crippen LogP contribution in [0.25, 0.3) is 0 Å². The Labute approximate surface area is 189 Å². The fraction of sp³-hybridized carbons (Fsp3) is 0.286. The van der Waals surface area contributed by atoms with Gasteiger partial charge in [0.05, 0.1) is 19.3 Å². The molecule has 10 heteroatoms. The molecule has 0 spiro atoms. The second kappa shape index (κ2) is 10.00. The standard InChI is InChI=1S/C21H21Cl2N5O3/c22-15-3-1-14(2-4-15)13-18(25-20(29)24-17-7-5-16(23)6-8-17)19-26-21(31-27-19)28-9-11-30-12-10-28/h1-8,18H,9-13H2,(H2,24,25,29)/t18-/m0/s1. The molecule has 2 aromatic carbocycles. The molecule has 1 atom stereocenters. The maximum atomic E-state index is 12.6. The molecule has 0 unspecified atom stereocenters. The van der Waals surface area contributed by atoms with Crippen LogP contribution >= 0.6 is 23.2 Å². The number of anilines is 2. The van der Waals surface area contributed by atoms with Crippen molar-refractivity contribution in [3.63, 3.8) is 0 Å². The molecule has 1 aliphatic rings. The van der Waals surface area contributed by atoms with Crippen LogP contribution in [-0.2, 0) is 11.2 Å². The van der Waals surface area contributed by atoms with Crippen molar-refractivity contribution in [3.05, 3.63) is 70.0 Å². The molecule has 0 bridgehead atoms. The lowest BCUT2D eigenvalue weighted by molar-refractivity contribution is 0.119. The number of hydrogen-bond acceptors (Lipinski definition) is 6. The van der Waals surface area contributed by atoms with E-state index in [0.717, 1.165) is 5.56 Å². The summed E-state index contributed by atoms with van der Waals surface area (Å²) in [5.41, 5.74) is 1.59. The Morgan fingerprint density at radius 1 is 1.03 bits per heavy atom. The Morgan fingerprint density at radius 3 is 2.35 bits per heavy atom. The van der Waals surface area contributed by atoms with E-state index in [-0.39, 0.29) is 6.03 Å². The van der Waals surface area contributed by atoms with Gasteiger partial charge in [0.2, 0.25) is 0 Å². The lowest BCUT2D eigenvalue weighted by Gasteiger charge is -2.24. The van der Waals surface area contributed by atoms with Gasteiger partial charge in [-0.05, 0) is 42.0 Å². The number of hydrogen-bond donors (Lipinski definition) is 2. The van der Waals surface area contributed by atoms with Gasteiger partial charge in [0.25, 0.3) is 0 Å². The molecule has 162 valence electrons. The summed E-state index contributed by atoms with van der Waals surface area (Å²) in [5, 5.41) is 11.1. The molecule has 1 aliphatic heterocycles. The number of amides is 2. The van der Waals surface area contributed by atoms with Crippen molar-refractivity contribution in [1.82, 2.24) is 15.5 Å². The van der Waals surface area contributed by atoms with Crippen LogP contribution in [0.3, 0.4) is 0 Å². The predicted molar refractivity (Wildman–Crippen MR) is 119 cm³/mol. The molecule has 0 radical (unpaired) electrons. The number of rotatable bonds is 6. The topological polar surface area (TPSA) is 92.5 Å².